The number of aryl methyl sites for hydroxylation is 1. The summed E-state index contributed by atoms with van der Waals surface area (Å²) in [6.07, 6.45) is 0. The number of hydrogen-bond acceptors (Lipinski definition) is 3. The summed E-state index contributed by atoms with van der Waals surface area (Å²) in [4.78, 5) is 27.4. The topological polar surface area (TPSA) is 58.6 Å². The zero-order chi connectivity index (χ0) is 22.5. The lowest BCUT2D eigenvalue weighted by molar-refractivity contribution is -0.142. The van der Waals surface area contributed by atoms with Crippen molar-refractivity contribution in [2.75, 3.05) is 6.61 Å². The molecule has 0 saturated heterocycles. The van der Waals surface area contributed by atoms with Gasteiger partial charge in [-0.05, 0) is 63.9 Å². The fraction of sp³-hybridized carbons (Fsp3) is 0.391. The van der Waals surface area contributed by atoms with Crippen molar-refractivity contribution in [2.45, 2.75) is 52.7 Å². The molecule has 7 heteroatoms. The van der Waals surface area contributed by atoms with Gasteiger partial charge in [0.05, 0.1) is 5.02 Å². The monoisotopic (exact) mass is 494 g/mol. The number of carbonyl (C=O) groups is 2. The van der Waals surface area contributed by atoms with Crippen molar-refractivity contribution in [1.29, 1.82) is 0 Å². The first-order valence-electron chi connectivity index (χ1n) is 9.72. The molecule has 2 rings (SSSR count). The van der Waals surface area contributed by atoms with Crippen molar-refractivity contribution >= 4 is 39.3 Å². The fourth-order valence-electron chi connectivity index (χ4n) is 2.84. The fourth-order valence-corrected chi connectivity index (χ4v) is 3.57. The predicted octanol–water partition coefficient (Wildman–Crippen LogP) is 5.12. The summed E-state index contributed by atoms with van der Waals surface area (Å²) in [5.41, 5.74) is 1.63. The Morgan fingerprint density at radius 2 is 1.87 bits per heavy atom. The van der Waals surface area contributed by atoms with E-state index >= 15 is 0 Å². The van der Waals surface area contributed by atoms with Gasteiger partial charge < -0.3 is 15.0 Å². The third kappa shape index (κ3) is 7.03. The highest BCUT2D eigenvalue weighted by atomic mass is 79.9. The highest BCUT2D eigenvalue weighted by molar-refractivity contribution is 9.10. The molecule has 2 aromatic carbocycles. The molecule has 0 radical (unpaired) electrons. The summed E-state index contributed by atoms with van der Waals surface area (Å²) < 4.78 is 6.48. The van der Waals surface area contributed by atoms with Crippen LogP contribution < -0.4 is 10.1 Å². The van der Waals surface area contributed by atoms with Gasteiger partial charge in [0.25, 0.3) is 5.91 Å². The van der Waals surface area contributed by atoms with Gasteiger partial charge in [0, 0.05) is 16.6 Å². The van der Waals surface area contributed by atoms with Gasteiger partial charge in [-0.1, -0.05) is 51.8 Å². The number of halogens is 2. The van der Waals surface area contributed by atoms with Crippen molar-refractivity contribution in [3.05, 3.63) is 63.1 Å². The summed E-state index contributed by atoms with van der Waals surface area (Å²) in [7, 11) is 0. The molecule has 0 aromatic heterocycles. The molecule has 1 atom stereocenters. The molecule has 0 fully saturated rings. The van der Waals surface area contributed by atoms with Crippen LogP contribution in [0.1, 0.15) is 38.8 Å². The third-order valence-electron chi connectivity index (χ3n) is 4.51. The smallest absolute Gasteiger partial charge is 0.261 e. The van der Waals surface area contributed by atoms with E-state index in [2.05, 4.69) is 21.2 Å². The Morgan fingerprint density at radius 1 is 1.20 bits per heavy atom. The van der Waals surface area contributed by atoms with Crippen LogP contribution in [0.2, 0.25) is 5.02 Å². The highest BCUT2D eigenvalue weighted by Gasteiger charge is 2.29. The minimum absolute atomic E-state index is 0.217. The van der Waals surface area contributed by atoms with Crippen LogP contribution >= 0.6 is 27.5 Å². The van der Waals surface area contributed by atoms with E-state index in [-0.39, 0.29) is 18.4 Å². The normalized spacial score (nSPS) is 12.2. The quantitative estimate of drug-likeness (QED) is 0.580. The number of rotatable bonds is 7. The third-order valence-corrected chi connectivity index (χ3v) is 5.30. The first kappa shape index (κ1) is 24.2. The van der Waals surface area contributed by atoms with E-state index in [4.69, 9.17) is 16.3 Å². The molecule has 0 spiro atoms. The largest absolute Gasteiger partial charge is 0.482 e. The van der Waals surface area contributed by atoms with E-state index in [0.717, 1.165) is 15.6 Å². The van der Waals surface area contributed by atoms with E-state index in [1.165, 1.54) is 4.90 Å². The molecule has 0 bridgehead atoms. The average molecular weight is 496 g/mol. The van der Waals surface area contributed by atoms with Crippen molar-refractivity contribution in [3.63, 3.8) is 0 Å². The zero-order valence-corrected chi connectivity index (χ0v) is 20.3. The molecule has 0 saturated carbocycles. The lowest BCUT2D eigenvalue weighted by Crippen LogP contribution is -2.53. The SMILES string of the molecule is Cc1ccccc1CN(C(=O)COc1ccc(Br)cc1Cl)C(C)C(=O)NC(C)(C)C. The van der Waals surface area contributed by atoms with Crippen LogP contribution in [0, 0.1) is 6.92 Å². The molecule has 0 aliphatic rings. The summed E-state index contributed by atoms with van der Waals surface area (Å²) >= 11 is 9.53. The Hall–Kier alpha value is -2.05. The lowest BCUT2D eigenvalue weighted by atomic mass is 10.1. The van der Waals surface area contributed by atoms with Gasteiger partial charge in [-0.3, -0.25) is 9.59 Å². The van der Waals surface area contributed by atoms with E-state index in [0.29, 0.717) is 17.3 Å². The average Bonchev–Trinajstić information content (AvgIpc) is 2.64. The van der Waals surface area contributed by atoms with E-state index < -0.39 is 11.6 Å². The molecule has 5 nitrogen and oxygen atoms in total. The minimum Gasteiger partial charge on any atom is -0.482 e. The van der Waals surface area contributed by atoms with Crippen LogP contribution in [-0.4, -0.2) is 34.9 Å². The van der Waals surface area contributed by atoms with E-state index in [1.54, 1.807) is 25.1 Å². The molecule has 0 heterocycles. The number of ether oxygens (including phenoxy) is 1. The van der Waals surface area contributed by atoms with Crippen molar-refractivity contribution in [1.82, 2.24) is 10.2 Å². The van der Waals surface area contributed by atoms with Gasteiger partial charge in [0.15, 0.2) is 6.61 Å². The van der Waals surface area contributed by atoms with Crippen LogP contribution in [0.25, 0.3) is 0 Å². The lowest BCUT2D eigenvalue weighted by Gasteiger charge is -2.31. The standard InChI is InChI=1S/C23H28BrClN2O3/c1-15-8-6-7-9-17(15)13-27(16(2)22(29)26-23(3,4)5)21(28)14-30-20-11-10-18(24)12-19(20)25/h6-12,16H,13-14H2,1-5H3,(H,26,29). The minimum atomic E-state index is -0.666. The molecule has 1 unspecified atom stereocenters. The Bertz CT molecular complexity index is 912. The van der Waals surface area contributed by atoms with Crippen LogP contribution in [0.3, 0.4) is 0 Å². The molecule has 2 aromatic rings. The van der Waals surface area contributed by atoms with Crippen molar-refractivity contribution in [3.8, 4) is 5.75 Å². The van der Waals surface area contributed by atoms with Crippen molar-refractivity contribution < 1.29 is 14.3 Å². The molecular formula is C23H28BrClN2O3. The van der Waals surface area contributed by atoms with Gasteiger partial charge in [-0.2, -0.15) is 0 Å². The molecule has 2 amide bonds. The van der Waals surface area contributed by atoms with Crippen LogP contribution in [0.15, 0.2) is 46.9 Å². The second kappa shape index (κ2) is 10.3. The van der Waals surface area contributed by atoms with Gasteiger partial charge in [0.2, 0.25) is 5.91 Å². The number of benzene rings is 2. The second-order valence-corrected chi connectivity index (χ2v) is 9.55. The van der Waals surface area contributed by atoms with Gasteiger partial charge >= 0.3 is 0 Å². The summed E-state index contributed by atoms with van der Waals surface area (Å²) in [5, 5.41) is 3.35. The van der Waals surface area contributed by atoms with Crippen LogP contribution in [-0.2, 0) is 16.1 Å². The van der Waals surface area contributed by atoms with Crippen LogP contribution in [0.4, 0.5) is 0 Å². The van der Waals surface area contributed by atoms with Crippen LogP contribution in [0.5, 0.6) is 5.75 Å². The van der Waals surface area contributed by atoms with Crippen molar-refractivity contribution in [2.24, 2.45) is 0 Å². The Kier molecular flexibility index (Phi) is 8.33. The van der Waals surface area contributed by atoms with Gasteiger partial charge in [-0.25, -0.2) is 0 Å². The molecule has 0 aliphatic heterocycles. The summed E-state index contributed by atoms with van der Waals surface area (Å²) in [5.74, 6) is -0.101. The highest BCUT2D eigenvalue weighted by Crippen LogP contribution is 2.27. The Morgan fingerprint density at radius 3 is 2.47 bits per heavy atom. The Labute approximate surface area is 191 Å². The maximum absolute atomic E-state index is 13.1. The molecule has 1 N–H and O–H groups in total. The van der Waals surface area contributed by atoms with Gasteiger partial charge in [-0.15, -0.1) is 0 Å². The number of nitrogens with zero attached hydrogens (tertiary/aromatic N) is 1. The number of nitrogens with one attached hydrogen (secondary N) is 1. The summed E-state index contributed by atoms with van der Waals surface area (Å²) in [6, 6.07) is 12.3. The van der Waals surface area contributed by atoms with Gasteiger partial charge in [0.1, 0.15) is 11.8 Å². The number of hydrogen-bond donors (Lipinski definition) is 1. The molecule has 30 heavy (non-hydrogen) atoms. The van der Waals surface area contributed by atoms with E-state index in [1.807, 2.05) is 52.0 Å². The summed E-state index contributed by atoms with van der Waals surface area (Å²) in [6.45, 7) is 9.51. The second-order valence-electron chi connectivity index (χ2n) is 8.23. The Balaban J connectivity index is 2.21. The maximum Gasteiger partial charge on any atom is 0.261 e. The zero-order valence-electron chi connectivity index (χ0n) is 18.0. The maximum atomic E-state index is 13.1. The first-order chi connectivity index (χ1) is 14.0. The number of carbonyl (C=O) groups excluding carboxylic acids is 2. The molecular weight excluding hydrogens is 468 g/mol. The predicted molar refractivity (Wildman–Crippen MR) is 124 cm³/mol. The first-order valence-corrected chi connectivity index (χ1v) is 10.9. The molecule has 0 aliphatic carbocycles. The molecule has 162 valence electrons. The van der Waals surface area contributed by atoms with E-state index in [9.17, 15) is 9.59 Å². The number of amides is 2.